The number of hydrogen-bond donors (Lipinski definition) is 2. The van der Waals surface area contributed by atoms with Gasteiger partial charge in [-0.2, -0.15) is 0 Å². The Morgan fingerprint density at radius 1 is 0.912 bits per heavy atom. The molecule has 180 valence electrons. The Balaban J connectivity index is 1.76. The number of carbonyl (C=O) groups excluding carboxylic acids is 1. The SMILES string of the molecule is C[C@@H](C(=O)Nc1ccc(S(=O)(=O)Nc2ccc(Cl)cc2Cl)cc1)N(c1ccccc1)S(C)(=O)=O. The quantitative estimate of drug-likeness (QED) is 0.433. The Kier molecular flexibility index (Phi) is 7.77. The van der Waals surface area contributed by atoms with Crippen molar-refractivity contribution in [3.63, 3.8) is 0 Å². The van der Waals surface area contributed by atoms with Crippen LogP contribution < -0.4 is 14.3 Å². The van der Waals surface area contributed by atoms with Crippen molar-refractivity contribution in [1.29, 1.82) is 0 Å². The fourth-order valence-corrected chi connectivity index (χ4v) is 5.89. The molecule has 12 heteroatoms. The fourth-order valence-electron chi connectivity index (χ4n) is 3.12. The summed E-state index contributed by atoms with van der Waals surface area (Å²) in [5.74, 6) is -0.587. The normalized spacial score (nSPS) is 12.6. The molecular weight excluding hydrogens is 521 g/mol. The predicted octanol–water partition coefficient (Wildman–Crippen LogP) is 4.59. The van der Waals surface area contributed by atoms with Crippen molar-refractivity contribution >= 4 is 66.2 Å². The average Bonchev–Trinajstić information content (AvgIpc) is 2.76. The van der Waals surface area contributed by atoms with Gasteiger partial charge in [0, 0.05) is 10.7 Å². The molecule has 2 N–H and O–H groups in total. The first kappa shape index (κ1) is 25.8. The Labute approximate surface area is 208 Å². The van der Waals surface area contributed by atoms with Crippen molar-refractivity contribution in [2.75, 3.05) is 20.6 Å². The van der Waals surface area contributed by atoms with Gasteiger partial charge in [0.1, 0.15) is 6.04 Å². The van der Waals surface area contributed by atoms with Gasteiger partial charge in [0.25, 0.3) is 10.0 Å². The van der Waals surface area contributed by atoms with E-state index in [1.807, 2.05) is 0 Å². The van der Waals surface area contributed by atoms with Gasteiger partial charge in [-0.1, -0.05) is 41.4 Å². The smallest absolute Gasteiger partial charge is 0.261 e. The lowest BCUT2D eigenvalue weighted by molar-refractivity contribution is -0.116. The zero-order valence-electron chi connectivity index (χ0n) is 18.1. The molecule has 0 saturated carbocycles. The predicted molar refractivity (Wildman–Crippen MR) is 136 cm³/mol. The molecule has 1 amide bonds. The first-order valence-electron chi connectivity index (χ1n) is 9.82. The zero-order valence-corrected chi connectivity index (χ0v) is 21.2. The molecule has 0 aliphatic heterocycles. The largest absolute Gasteiger partial charge is 0.324 e. The summed E-state index contributed by atoms with van der Waals surface area (Å²) in [6.07, 6.45) is 1.02. The highest BCUT2D eigenvalue weighted by Crippen LogP contribution is 2.28. The van der Waals surface area contributed by atoms with Crippen LogP contribution in [0.2, 0.25) is 10.0 Å². The van der Waals surface area contributed by atoms with Crippen molar-refractivity contribution < 1.29 is 21.6 Å². The van der Waals surface area contributed by atoms with Crippen LogP contribution in [-0.4, -0.2) is 35.0 Å². The van der Waals surface area contributed by atoms with Gasteiger partial charge in [-0.05, 0) is 61.5 Å². The van der Waals surface area contributed by atoms with Crippen LogP contribution in [0.1, 0.15) is 6.92 Å². The third-order valence-electron chi connectivity index (χ3n) is 4.71. The lowest BCUT2D eigenvalue weighted by atomic mass is 10.2. The van der Waals surface area contributed by atoms with Gasteiger partial charge >= 0.3 is 0 Å². The monoisotopic (exact) mass is 541 g/mol. The summed E-state index contributed by atoms with van der Waals surface area (Å²) >= 11 is 11.9. The van der Waals surface area contributed by atoms with Gasteiger partial charge in [0.2, 0.25) is 15.9 Å². The van der Waals surface area contributed by atoms with Crippen LogP contribution in [0.5, 0.6) is 0 Å². The molecule has 34 heavy (non-hydrogen) atoms. The molecule has 0 fully saturated rings. The van der Waals surface area contributed by atoms with Crippen LogP contribution in [0, 0.1) is 0 Å². The molecule has 3 aromatic carbocycles. The van der Waals surface area contributed by atoms with Crippen molar-refractivity contribution in [2.24, 2.45) is 0 Å². The number of benzene rings is 3. The molecule has 0 spiro atoms. The third-order valence-corrected chi connectivity index (χ3v) is 7.88. The molecule has 8 nitrogen and oxygen atoms in total. The molecule has 3 rings (SSSR count). The van der Waals surface area contributed by atoms with E-state index in [2.05, 4.69) is 10.0 Å². The fraction of sp³-hybridized carbons (Fsp3) is 0.136. The number of rotatable bonds is 8. The Hall–Kier alpha value is -2.79. The van der Waals surface area contributed by atoms with Gasteiger partial charge in [-0.15, -0.1) is 0 Å². The second kappa shape index (κ2) is 10.2. The number of para-hydroxylation sites is 1. The van der Waals surface area contributed by atoms with E-state index in [0.29, 0.717) is 16.4 Å². The summed E-state index contributed by atoms with van der Waals surface area (Å²) in [7, 11) is -7.71. The number of nitrogens with zero attached hydrogens (tertiary/aromatic N) is 1. The summed E-state index contributed by atoms with van der Waals surface area (Å²) in [6, 6.07) is 16.9. The highest BCUT2D eigenvalue weighted by molar-refractivity contribution is 7.92. The number of amides is 1. The summed E-state index contributed by atoms with van der Waals surface area (Å²) < 4.78 is 53.4. The molecular formula is C22H21Cl2N3O5S2. The number of carbonyl (C=O) groups is 1. The minimum atomic E-state index is -3.96. The first-order chi connectivity index (χ1) is 15.9. The Bertz CT molecular complexity index is 1400. The number of sulfonamides is 2. The number of nitrogens with one attached hydrogen (secondary N) is 2. The third kappa shape index (κ3) is 6.20. The van der Waals surface area contributed by atoms with E-state index >= 15 is 0 Å². The standard InChI is InChI=1S/C22H21Cl2N3O5S2/c1-15(27(33(2,29)30)18-6-4-3-5-7-18)22(28)25-17-9-11-19(12-10-17)34(31,32)26-21-13-8-16(23)14-20(21)24/h3-15,26H,1-2H3,(H,25,28)/t15-/m0/s1. The van der Waals surface area contributed by atoms with Gasteiger partial charge in [0.15, 0.2) is 0 Å². The minimum absolute atomic E-state index is 0.0633. The highest BCUT2D eigenvalue weighted by atomic mass is 35.5. The molecule has 0 aliphatic carbocycles. The lowest BCUT2D eigenvalue weighted by Gasteiger charge is -2.28. The lowest BCUT2D eigenvalue weighted by Crippen LogP contribution is -2.45. The second-order valence-electron chi connectivity index (χ2n) is 7.31. The second-order valence-corrected chi connectivity index (χ2v) is 11.7. The van der Waals surface area contributed by atoms with Gasteiger partial charge < -0.3 is 5.32 Å². The van der Waals surface area contributed by atoms with Crippen molar-refractivity contribution in [1.82, 2.24) is 0 Å². The van der Waals surface area contributed by atoms with Crippen LogP contribution in [-0.2, 0) is 24.8 Å². The number of anilines is 3. The molecule has 0 saturated heterocycles. The van der Waals surface area contributed by atoms with E-state index in [1.54, 1.807) is 30.3 Å². The average molecular weight is 542 g/mol. The minimum Gasteiger partial charge on any atom is -0.324 e. The maximum Gasteiger partial charge on any atom is 0.261 e. The van der Waals surface area contributed by atoms with E-state index in [9.17, 15) is 21.6 Å². The van der Waals surface area contributed by atoms with Gasteiger partial charge in [-0.3, -0.25) is 13.8 Å². The molecule has 1 atom stereocenters. The summed E-state index contributed by atoms with van der Waals surface area (Å²) in [6.45, 7) is 1.46. The Morgan fingerprint density at radius 3 is 2.09 bits per heavy atom. The number of halogens is 2. The van der Waals surface area contributed by atoms with E-state index in [1.165, 1.54) is 49.4 Å². The molecule has 0 bridgehead atoms. The molecule has 0 heterocycles. The molecule has 0 aromatic heterocycles. The summed E-state index contributed by atoms with van der Waals surface area (Å²) in [4.78, 5) is 12.7. The van der Waals surface area contributed by atoms with E-state index < -0.39 is 32.0 Å². The molecule has 0 radical (unpaired) electrons. The summed E-state index contributed by atoms with van der Waals surface area (Å²) in [5.41, 5.74) is 0.807. The zero-order chi connectivity index (χ0) is 25.1. The summed E-state index contributed by atoms with van der Waals surface area (Å²) in [5, 5.41) is 3.12. The van der Waals surface area contributed by atoms with Crippen molar-refractivity contribution in [3.05, 3.63) is 82.8 Å². The van der Waals surface area contributed by atoms with E-state index in [0.717, 1.165) is 10.6 Å². The topological polar surface area (TPSA) is 113 Å². The number of hydrogen-bond acceptors (Lipinski definition) is 5. The first-order valence-corrected chi connectivity index (χ1v) is 13.9. The highest BCUT2D eigenvalue weighted by Gasteiger charge is 2.29. The van der Waals surface area contributed by atoms with Crippen molar-refractivity contribution in [2.45, 2.75) is 17.9 Å². The molecule has 0 unspecified atom stereocenters. The van der Waals surface area contributed by atoms with E-state index in [4.69, 9.17) is 23.2 Å². The Morgan fingerprint density at radius 2 is 1.53 bits per heavy atom. The maximum atomic E-state index is 12.8. The maximum absolute atomic E-state index is 12.8. The van der Waals surface area contributed by atoms with Crippen LogP contribution >= 0.6 is 23.2 Å². The molecule has 3 aromatic rings. The van der Waals surface area contributed by atoms with Crippen LogP contribution in [0.25, 0.3) is 0 Å². The van der Waals surface area contributed by atoms with Gasteiger partial charge in [-0.25, -0.2) is 16.8 Å². The van der Waals surface area contributed by atoms with Gasteiger partial charge in [0.05, 0.1) is 27.5 Å². The van der Waals surface area contributed by atoms with Crippen molar-refractivity contribution in [3.8, 4) is 0 Å². The van der Waals surface area contributed by atoms with Crippen LogP contribution in [0.4, 0.5) is 17.1 Å². The van der Waals surface area contributed by atoms with Crippen LogP contribution in [0.15, 0.2) is 77.7 Å². The van der Waals surface area contributed by atoms with E-state index in [-0.39, 0.29) is 15.6 Å². The molecule has 0 aliphatic rings. The van der Waals surface area contributed by atoms with Crippen LogP contribution in [0.3, 0.4) is 0 Å².